The van der Waals surface area contributed by atoms with Crippen LogP contribution in [0.4, 0.5) is 11.4 Å². The maximum absolute atomic E-state index is 12.9. The van der Waals surface area contributed by atoms with E-state index in [9.17, 15) is 19.2 Å². The van der Waals surface area contributed by atoms with Crippen molar-refractivity contribution < 1.29 is 23.9 Å². The third-order valence-corrected chi connectivity index (χ3v) is 7.56. The van der Waals surface area contributed by atoms with E-state index in [0.717, 1.165) is 0 Å². The van der Waals surface area contributed by atoms with Crippen molar-refractivity contribution in [3.05, 3.63) is 69.2 Å². The Balaban J connectivity index is 1.37. The van der Waals surface area contributed by atoms with Gasteiger partial charge in [-0.2, -0.15) is 0 Å². The SMILES string of the molecule is Cc1c(NC(=O)COC(=O)c2ccc(N3C(=O)[C@H]4[C@H](C)C=CC[C@H]4C3=O)cc2)ccc(Br)c1Cl. The molecule has 0 radical (unpaired) electrons. The van der Waals surface area contributed by atoms with E-state index in [2.05, 4.69) is 21.2 Å². The van der Waals surface area contributed by atoms with E-state index >= 15 is 0 Å². The summed E-state index contributed by atoms with van der Waals surface area (Å²) in [6.07, 6.45) is 4.47. The number of hydrogen-bond acceptors (Lipinski definition) is 5. The average Bonchev–Trinajstić information content (AvgIpc) is 3.09. The number of hydrogen-bond donors (Lipinski definition) is 1. The highest BCUT2D eigenvalue weighted by Crippen LogP contribution is 2.40. The van der Waals surface area contributed by atoms with Crippen molar-refractivity contribution in [3.8, 4) is 0 Å². The number of esters is 1. The minimum Gasteiger partial charge on any atom is -0.452 e. The van der Waals surface area contributed by atoms with Gasteiger partial charge in [-0.05, 0) is 77.2 Å². The van der Waals surface area contributed by atoms with Crippen LogP contribution in [0, 0.1) is 24.7 Å². The van der Waals surface area contributed by atoms with Crippen LogP contribution in [0.2, 0.25) is 5.02 Å². The molecule has 0 spiro atoms. The molecule has 7 nitrogen and oxygen atoms in total. The Kier molecular flexibility index (Phi) is 6.91. The number of amides is 3. The zero-order chi connectivity index (χ0) is 24.6. The Bertz CT molecular complexity index is 1210. The molecule has 3 atom stereocenters. The van der Waals surface area contributed by atoms with Gasteiger partial charge < -0.3 is 10.1 Å². The summed E-state index contributed by atoms with van der Waals surface area (Å²) in [4.78, 5) is 51.5. The molecule has 0 aromatic heterocycles. The van der Waals surface area contributed by atoms with Gasteiger partial charge >= 0.3 is 5.97 Å². The second-order valence-electron chi connectivity index (χ2n) is 8.37. The third-order valence-electron chi connectivity index (χ3n) is 6.18. The van der Waals surface area contributed by atoms with E-state index in [-0.39, 0.29) is 35.1 Å². The first-order valence-corrected chi connectivity index (χ1v) is 11.9. The fourth-order valence-corrected chi connectivity index (χ4v) is 4.93. The molecule has 1 aliphatic heterocycles. The molecular formula is C25H22BrClN2O5. The van der Waals surface area contributed by atoms with Gasteiger partial charge in [0.25, 0.3) is 5.91 Å². The van der Waals surface area contributed by atoms with Crippen LogP contribution in [0.1, 0.15) is 29.3 Å². The molecule has 9 heteroatoms. The van der Waals surface area contributed by atoms with Crippen LogP contribution in [-0.2, 0) is 19.1 Å². The van der Waals surface area contributed by atoms with Crippen LogP contribution in [0.3, 0.4) is 0 Å². The van der Waals surface area contributed by atoms with Crippen LogP contribution in [0.5, 0.6) is 0 Å². The number of nitrogens with zero attached hydrogens (tertiary/aromatic N) is 1. The molecule has 1 heterocycles. The number of halogens is 2. The zero-order valence-electron chi connectivity index (χ0n) is 18.5. The smallest absolute Gasteiger partial charge is 0.338 e. The van der Waals surface area contributed by atoms with Gasteiger partial charge in [-0.3, -0.25) is 19.3 Å². The summed E-state index contributed by atoms with van der Waals surface area (Å²) in [5.74, 6) is -2.35. The summed E-state index contributed by atoms with van der Waals surface area (Å²) < 4.78 is 5.82. The molecule has 1 fully saturated rings. The molecule has 0 unspecified atom stereocenters. The normalized spacial score (nSPS) is 21.4. The van der Waals surface area contributed by atoms with Gasteiger partial charge in [-0.1, -0.05) is 30.7 Å². The minimum absolute atomic E-state index is 0.00202. The maximum Gasteiger partial charge on any atom is 0.338 e. The number of allylic oxidation sites excluding steroid dienone is 2. The summed E-state index contributed by atoms with van der Waals surface area (Å²) in [6.45, 7) is 3.22. The fourth-order valence-electron chi connectivity index (χ4n) is 4.34. The van der Waals surface area contributed by atoms with Gasteiger partial charge in [0.1, 0.15) is 0 Å². The molecule has 2 aliphatic rings. The zero-order valence-corrected chi connectivity index (χ0v) is 20.9. The summed E-state index contributed by atoms with van der Waals surface area (Å²) >= 11 is 9.48. The molecule has 4 rings (SSSR count). The van der Waals surface area contributed by atoms with Crippen molar-refractivity contribution in [1.82, 2.24) is 0 Å². The van der Waals surface area contributed by atoms with Crippen LogP contribution >= 0.6 is 27.5 Å². The topological polar surface area (TPSA) is 92.8 Å². The first kappa shape index (κ1) is 24.2. The molecule has 1 saturated heterocycles. The highest BCUT2D eigenvalue weighted by Gasteiger charge is 2.50. The van der Waals surface area contributed by atoms with Crippen molar-refractivity contribution in [2.75, 3.05) is 16.8 Å². The second-order valence-corrected chi connectivity index (χ2v) is 9.60. The summed E-state index contributed by atoms with van der Waals surface area (Å²) in [5.41, 5.74) is 1.81. The van der Waals surface area contributed by atoms with Gasteiger partial charge in [0.05, 0.1) is 28.1 Å². The number of nitrogens with one attached hydrogen (secondary N) is 1. The predicted octanol–water partition coefficient (Wildman–Crippen LogP) is 4.91. The summed E-state index contributed by atoms with van der Waals surface area (Å²) in [5, 5.41) is 3.14. The predicted molar refractivity (Wildman–Crippen MR) is 132 cm³/mol. The molecule has 2 aromatic rings. The van der Waals surface area contributed by atoms with Crippen molar-refractivity contribution >= 4 is 62.6 Å². The Labute approximate surface area is 210 Å². The molecule has 0 bridgehead atoms. The highest BCUT2D eigenvalue weighted by molar-refractivity contribution is 9.10. The third kappa shape index (κ3) is 4.52. The van der Waals surface area contributed by atoms with Gasteiger partial charge in [-0.25, -0.2) is 4.79 Å². The molecular weight excluding hydrogens is 524 g/mol. The molecule has 3 amide bonds. The van der Waals surface area contributed by atoms with Crippen LogP contribution in [0.25, 0.3) is 0 Å². The van der Waals surface area contributed by atoms with Gasteiger partial charge in [0.15, 0.2) is 6.61 Å². The van der Waals surface area contributed by atoms with E-state index in [1.54, 1.807) is 19.1 Å². The number of imide groups is 1. The molecule has 176 valence electrons. The number of benzene rings is 2. The molecule has 34 heavy (non-hydrogen) atoms. The van der Waals surface area contributed by atoms with Crippen LogP contribution < -0.4 is 10.2 Å². The number of ether oxygens (including phenoxy) is 1. The Morgan fingerprint density at radius 1 is 1.15 bits per heavy atom. The van der Waals surface area contributed by atoms with E-state index in [1.165, 1.54) is 29.2 Å². The number of anilines is 2. The lowest BCUT2D eigenvalue weighted by atomic mass is 9.78. The number of rotatable bonds is 5. The highest BCUT2D eigenvalue weighted by atomic mass is 79.9. The van der Waals surface area contributed by atoms with Gasteiger partial charge in [-0.15, -0.1) is 0 Å². The van der Waals surface area contributed by atoms with E-state index in [1.807, 2.05) is 19.1 Å². The largest absolute Gasteiger partial charge is 0.452 e. The van der Waals surface area contributed by atoms with Crippen molar-refractivity contribution in [2.45, 2.75) is 20.3 Å². The molecule has 0 saturated carbocycles. The average molecular weight is 546 g/mol. The standard InChI is InChI=1S/C25H22BrClN2O5/c1-13-4-3-5-17-21(13)24(32)29(23(17)31)16-8-6-15(7-9-16)25(33)34-12-20(30)28-19-11-10-18(26)22(27)14(19)2/h3-4,6-11,13,17,21H,5,12H2,1-2H3,(H,28,30)/t13-,17-,21+/m1/s1. The van der Waals surface area contributed by atoms with Crippen LogP contribution in [0.15, 0.2) is 53.0 Å². The Morgan fingerprint density at radius 2 is 1.85 bits per heavy atom. The van der Waals surface area contributed by atoms with Gasteiger partial charge in [0, 0.05) is 10.2 Å². The lowest BCUT2D eigenvalue weighted by molar-refractivity contribution is -0.123. The number of carbonyl (C=O) groups is 4. The quantitative estimate of drug-likeness (QED) is 0.327. The minimum atomic E-state index is -0.696. The fraction of sp³-hybridized carbons (Fsp3) is 0.280. The van der Waals surface area contributed by atoms with Crippen molar-refractivity contribution in [2.24, 2.45) is 17.8 Å². The van der Waals surface area contributed by atoms with Gasteiger partial charge in [0.2, 0.25) is 11.8 Å². The summed E-state index contributed by atoms with van der Waals surface area (Å²) in [7, 11) is 0. The van der Waals surface area contributed by atoms with E-state index < -0.39 is 18.5 Å². The second kappa shape index (κ2) is 9.72. The summed E-state index contributed by atoms with van der Waals surface area (Å²) in [6, 6.07) is 9.42. The first-order valence-electron chi connectivity index (χ1n) is 10.7. The Hall–Kier alpha value is -2.97. The lowest BCUT2D eigenvalue weighted by Gasteiger charge is -2.22. The lowest BCUT2D eigenvalue weighted by Crippen LogP contribution is -2.31. The first-order chi connectivity index (χ1) is 16.2. The maximum atomic E-state index is 12.9. The molecule has 1 aliphatic carbocycles. The van der Waals surface area contributed by atoms with E-state index in [0.29, 0.717) is 32.9 Å². The molecule has 2 aromatic carbocycles. The van der Waals surface area contributed by atoms with Crippen LogP contribution in [-0.4, -0.2) is 30.3 Å². The van der Waals surface area contributed by atoms with Crippen molar-refractivity contribution in [1.29, 1.82) is 0 Å². The Morgan fingerprint density at radius 3 is 2.53 bits per heavy atom. The van der Waals surface area contributed by atoms with E-state index in [4.69, 9.17) is 16.3 Å². The molecule has 1 N–H and O–H groups in total. The number of carbonyl (C=O) groups excluding carboxylic acids is 4. The van der Waals surface area contributed by atoms with Crippen molar-refractivity contribution in [3.63, 3.8) is 0 Å². The number of fused-ring (bicyclic) bond motifs is 1. The monoisotopic (exact) mass is 544 g/mol.